The SMILES string of the molecule is O=C(O)c1cc2ccc(CCc3cc(Br)c(Br)c(Br)c3)cc2o1. The van der Waals surface area contributed by atoms with Crippen LogP contribution in [0.2, 0.25) is 0 Å². The number of carbonyl (C=O) groups is 1. The molecule has 0 fully saturated rings. The Labute approximate surface area is 158 Å². The van der Waals surface area contributed by atoms with Gasteiger partial charge in [0.25, 0.3) is 0 Å². The lowest BCUT2D eigenvalue weighted by Gasteiger charge is -2.06. The molecular weight excluding hydrogens is 492 g/mol. The predicted molar refractivity (Wildman–Crippen MR) is 100 cm³/mol. The standard InChI is InChI=1S/C17H11Br3O3/c18-12-5-10(6-13(19)16(12)20)2-1-9-3-4-11-8-15(17(21)22)23-14(11)7-9/h3-8H,1-2H2,(H,21,22). The van der Waals surface area contributed by atoms with Crippen molar-refractivity contribution in [3.8, 4) is 0 Å². The third-order valence-electron chi connectivity index (χ3n) is 3.54. The maximum Gasteiger partial charge on any atom is 0.371 e. The number of aryl methyl sites for hydroxylation is 2. The lowest BCUT2D eigenvalue weighted by atomic mass is 10.0. The Bertz CT molecular complexity index is 876. The number of benzene rings is 2. The normalized spacial score (nSPS) is 11.1. The lowest BCUT2D eigenvalue weighted by molar-refractivity contribution is 0.0665. The molecule has 1 heterocycles. The summed E-state index contributed by atoms with van der Waals surface area (Å²) < 4.78 is 8.37. The van der Waals surface area contributed by atoms with Crippen LogP contribution in [0.4, 0.5) is 0 Å². The van der Waals surface area contributed by atoms with Crippen molar-refractivity contribution in [3.63, 3.8) is 0 Å². The molecule has 2 aromatic carbocycles. The highest BCUT2D eigenvalue weighted by atomic mass is 79.9. The van der Waals surface area contributed by atoms with Crippen molar-refractivity contribution in [1.82, 2.24) is 0 Å². The number of fused-ring (bicyclic) bond motifs is 1. The monoisotopic (exact) mass is 500 g/mol. The van der Waals surface area contributed by atoms with Crippen LogP contribution in [-0.2, 0) is 12.8 Å². The number of hydrogen-bond donors (Lipinski definition) is 1. The van der Waals surface area contributed by atoms with E-state index in [0.717, 1.165) is 37.2 Å². The molecule has 0 radical (unpaired) electrons. The Balaban J connectivity index is 1.80. The fraction of sp³-hybridized carbons (Fsp3) is 0.118. The summed E-state index contributed by atoms with van der Waals surface area (Å²) in [6, 6.07) is 11.5. The van der Waals surface area contributed by atoms with Crippen LogP contribution in [0.1, 0.15) is 21.7 Å². The zero-order valence-electron chi connectivity index (χ0n) is 11.8. The first kappa shape index (κ1) is 16.7. The van der Waals surface area contributed by atoms with Gasteiger partial charge in [0.2, 0.25) is 5.76 Å². The van der Waals surface area contributed by atoms with E-state index in [9.17, 15) is 4.79 Å². The number of hydrogen-bond acceptors (Lipinski definition) is 2. The Kier molecular flexibility index (Phi) is 4.94. The van der Waals surface area contributed by atoms with Crippen molar-refractivity contribution in [3.05, 3.63) is 66.7 Å². The van der Waals surface area contributed by atoms with E-state index < -0.39 is 5.97 Å². The Morgan fingerprint density at radius 3 is 2.26 bits per heavy atom. The van der Waals surface area contributed by atoms with E-state index in [1.807, 2.05) is 18.2 Å². The van der Waals surface area contributed by atoms with Crippen LogP contribution in [0.5, 0.6) is 0 Å². The van der Waals surface area contributed by atoms with Crippen LogP contribution in [0.25, 0.3) is 11.0 Å². The zero-order valence-corrected chi connectivity index (χ0v) is 16.5. The first-order valence-corrected chi connectivity index (χ1v) is 9.21. The van der Waals surface area contributed by atoms with Crippen molar-refractivity contribution in [2.24, 2.45) is 0 Å². The van der Waals surface area contributed by atoms with E-state index in [4.69, 9.17) is 9.52 Å². The molecule has 1 aromatic heterocycles. The molecule has 6 heteroatoms. The second-order valence-electron chi connectivity index (χ2n) is 5.16. The second kappa shape index (κ2) is 6.79. The quantitative estimate of drug-likeness (QED) is 0.432. The summed E-state index contributed by atoms with van der Waals surface area (Å²) in [6.45, 7) is 0. The molecule has 118 valence electrons. The van der Waals surface area contributed by atoms with Crippen LogP contribution >= 0.6 is 47.8 Å². The van der Waals surface area contributed by atoms with E-state index in [-0.39, 0.29) is 5.76 Å². The van der Waals surface area contributed by atoms with Crippen molar-refractivity contribution in [2.75, 3.05) is 0 Å². The Morgan fingerprint density at radius 2 is 1.61 bits per heavy atom. The van der Waals surface area contributed by atoms with Crippen LogP contribution < -0.4 is 0 Å². The fourth-order valence-corrected chi connectivity index (χ4v) is 3.89. The molecule has 0 atom stereocenters. The van der Waals surface area contributed by atoms with Crippen LogP contribution in [0.3, 0.4) is 0 Å². The van der Waals surface area contributed by atoms with Gasteiger partial charge in [-0.25, -0.2) is 4.79 Å². The molecule has 0 bridgehead atoms. The third kappa shape index (κ3) is 3.70. The van der Waals surface area contributed by atoms with E-state index in [0.29, 0.717) is 5.58 Å². The van der Waals surface area contributed by atoms with Gasteiger partial charge in [-0.2, -0.15) is 0 Å². The van der Waals surface area contributed by atoms with Gasteiger partial charge in [0.1, 0.15) is 5.58 Å². The van der Waals surface area contributed by atoms with Crippen molar-refractivity contribution < 1.29 is 14.3 Å². The summed E-state index contributed by atoms with van der Waals surface area (Å²) >= 11 is 10.5. The van der Waals surface area contributed by atoms with Gasteiger partial charge in [0.15, 0.2) is 0 Å². The average molecular weight is 503 g/mol. The molecule has 3 rings (SSSR count). The molecule has 0 saturated heterocycles. The molecule has 0 aliphatic carbocycles. The minimum Gasteiger partial charge on any atom is -0.475 e. The molecule has 0 aliphatic rings. The number of carboxylic acids is 1. The maximum atomic E-state index is 11.0. The summed E-state index contributed by atoms with van der Waals surface area (Å²) in [6.07, 6.45) is 1.72. The molecular formula is C17H11Br3O3. The largest absolute Gasteiger partial charge is 0.475 e. The van der Waals surface area contributed by atoms with Gasteiger partial charge in [-0.1, -0.05) is 12.1 Å². The van der Waals surface area contributed by atoms with Gasteiger partial charge in [0, 0.05) is 18.8 Å². The number of aromatic carboxylic acids is 1. The molecule has 3 aromatic rings. The van der Waals surface area contributed by atoms with E-state index in [2.05, 4.69) is 59.9 Å². The smallest absolute Gasteiger partial charge is 0.371 e. The van der Waals surface area contributed by atoms with Crippen LogP contribution in [-0.4, -0.2) is 11.1 Å². The van der Waals surface area contributed by atoms with E-state index >= 15 is 0 Å². The first-order chi connectivity index (χ1) is 10.9. The minimum atomic E-state index is -1.05. The molecule has 0 amide bonds. The van der Waals surface area contributed by atoms with Gasteiger partial charge in [-0.3, -0.25) is 0 Å². The van der Waals surface area contributed by atoms with Crippen molar-refractivity contribution in [2.45, 2.75) is 12.8 Å². The Morgan fingerprint density at radius 1 is 0.957 bits per heavy atom. The average Bonchev–Trinajstić information content (AvgIpc) is 2.94. The molecule has 3 nitrogen and oxygen atoms in total. The highest BCUT2D eigenvalue weighted by Crippen LogP contribution is 2.32. The van der Waals surface area contributed by atoms with E-state index in [1.54, 1.807) is 6.07 Å². The fourth-order valence-electron chi connectivity index (χ4n) is 2.38. The highest BCUT2D eigenvalue weighted by molar-refractivity contribution is 9.14. The zero-order chi connectivity index (χ0) is 16.6. The summed E-state index contributed by atoms with van der Waals surface area (Å²) in [5.74, 6) is -1.08. The van der Waals surface area contributed by atoms with Crippen molar-refractivity contribution >= 4 is 64.7 Å². The highest BCUT2D eigenvalue weighted by Gasteiger charge is 2.11. The molecule has 0 aliphatic heterocycles. The third-order valence-corrected chi connectivity index (χ3v) is 6.71. The number of halogens is 3. The number of furan rings is 1. The molecule has 1 N–H and O–H groups in total. The summed E-state index contributed by atoms with van der Waals surface area (Å²) in [4.78, 5) is 11.0. The van der Waals surface area contributed by atoms with Crippen LogP contribution in [0, 0.1) is 0 Å². The maximum absolute atomic E-state index is 11.0. The van der Waals surface area contributed by atoms with Gasteiger partial charge < -0.3 is 9.52 Å². The van der Waals surface area contributed by atoms with Crippen LogP contribution in [0.15, 0.2) is 54.2 Å². The second-order valence-corrected chi connectivity index (χ2v) is 7.66. The molecule has 0 saturated carbocycles. The topological polar surface area (TPSA) is 50.4 Å². The predicted octanol–water partition coefficient (Wildman–Crippen LogP) is 6.20. The molecule has 0 unspecified atom stereocenters. The lowest BCUT2D eigenvalue weighted by Crippen LogP contribution is -1.92. The minimum absolute atomic E-state index is 0.0297. The summed E-state index contributed by atoms with van der Waals surface area (Å²) in [5, 5.41) is 9.78. The summed E-state index contributed by atoms with van der Waals surface area (Å²) in [7, 11) is 0. The Hall–Kier alpha value is -1.11. The summed E-state index contributed by atoms with van der Waals surface area (Å²) in [5.41, 5.74) is 2.93. The van der Waals surface area contributed by atoms with Gasteiger partial charge >= 0.3 is 5.97 Å². The molecule has 23 heavy (non-hydrogen) atoms. The number of rotatable bonds is 4. The van der Waals surface area contributed by atoms with Crippen molar-refractivity contribution in [1.29, 1.82) is 0 Å². The molecule has 0 spiro atoms. The first-order valence-electron chi connectivity index (χ1n) is 6.83. The van der Waals surface area contributed by atoms with Gasteiger partial charge in [0.05, 0.1) is 0 Å². The van der Waals surface area contributed by atoms with Gasteiger partial charge in [-0.15, -0.1) is 0 Å². The van der Waals surface area contributed by atoms with Gasteiger partial charge in [-0.05, 0) is 96.0 Å². The van der Waals surface area contributed by atoms with E-state index in [1.165, 1.54) is 5.56 Å². The number of carboxylic acid groups (broad SMARTS) is 1.